The predicted octanol–water partition coefficient (Wildman–Crippen LogP) is 3.54. The second-order valence-corrected chi connectivity index (χ2v) is 7.01. The van der Waals surface area contributed by atoms with Crippen LogP contribution in [0, 0.1) is 5.92 Å². The molecule has 2 rings (SSSR count). The first-order valence-corrected chi connectivity index (χ1v) is 8.55. The van der Waals surface area contributed by atoms with Crippen LogP contribution in [0.2, 0.25) is 5.02 Å². The first kappa shape index (κ1) is 17.5. The Morgan fingerprint density at radius 1 is 1.23 bits per heavy atom. The first-order valence-electron chi connectivity index (χ1n) is 8.18. The van der Waals surface area contributed by atoms with E-state index < -0.39 is 0 Å². The van der Waals surface area contributed by atoms with E-state index in [2.05, 4.69) is 5.32 Å². The second-order valence-electron chi connectivity index (χ2n) is 6.57. The minimum absolute atomic E-state index is 0.00987. The van der Waals surface area contributed by atoms with Crippen molar-refractivity contribution in [3.8, 4) is 0 Å². The third-order valence-corrected chi connectivity index (χ3v) is 4.74. The summed E-state index contributed by atoms with van der Waals surface area (Å²) in [5.41, 5.74) is 1.02. The van der Waals surface area contributed by atoms with Crippen LogP contribution in [0.4, 0.5) is 0 Å². The van der Waals surface area contributed by atoms with Gasteiger partial charge in [0.1, 0.15) is 5.78 Å². The Hall–Kier alpha value is -0.900. The van der Waals surface area contributed by atoms with Gasteiger partial charge in [-0.05, 0) is 43.4 Å². The molecule has 4 heteroatoms. The lowest BCUT2D eigenvalue weighted by atomic mass is 9.87. The minimum atomic E-state index is -0.151. The molecular formula is C18H26ClNO2. The van der Waals surface area contributed by atoms with Crippen molar-refractivity contribution < 1.29 is 9.90 Å². The topological polar surface area (TPSA) is 49.3 Å². The van der Waals surface area contributed by atoms with E-state index in [1.54, 1.807) is 0 Å². The Morgan fingerprint density at radius 2 is 1.82 bits per heavy atom. The van der Waals surface area contributed by atoms with E-state index in [9.17, 15) is 9.90 Å². The fraction of sp³-hybridized carbons (Fsp3) is 0.611. The Morgan fingerprint density at radius 3 is 2.36 bits per heavy atom. The van der Waals surface area contributed by atoms with Gasteiger partial charge in [-0.15, -0.1) is 0 Å². The molecule has 122 valence electrons. The lowest BCUT2D eigenvalue weighted by Gasteiger charge is -2.28. The highest BCUT2D eigenvalue weighted by molar-refractivity contribution is 6.30. The van der Waals surface area contributed by atoms with Crippen molar-refractivity contribution in [3.05, 3.63) is 34.9 Å². The van der Waals surface area contributed by atoms with Crippen molar-refractivity contribution in [2.45, 2.75) is 57.6 Å². The zero-order chi connectivity index (χ0) is 16.1. The largest absolute Gasteiger partial charge is 0.393 e. The summed E-state index contributed by atoms with van der Waals surface area (Å²) in [4.78, 5) is 12.5. The summed E-state index contributed by atoms with van der Waals surface area (Å²) in [6.07, 6.45) is 3.50. The maximum atomic E-state index is 12.5. The number of carbonyl (C=O) groups is 1. The number of nitrogens with one attached hydrogen (secondary N) is 1. The van der Waals surface area contributed by atoms with Gasteiger partial charge in [0, 0.05) is 23.5 Å². The van der Waals surface area contributed by atoms with Crippen LogP contribution < -0.4 is 5.32 Å². The number of hydrogen-bond donors (Lipinski definition) is 2. The standard InChI is InChI=1S/C18H26ClNO2/c1-12(2)18(22)17(13-3-5-14(19)6-4-13)11-20-15-7-9-16(21)10-8-15/h3-6,12,15-17,20-21H,7-11H2,1-2H3/t15-,16-,17?. The number of Topliss-reactive ketones (excluding diaryl/α,β-unsaturated/α-hetero) is 1. The van der Waals surface area contributed by atoms with Gasteiger partial charge in [0.25, 0.3) is 0 Å². The Bertz CT molecular complexity index is 478. The average molecular weight is 324 g/mol. The predicted molar refractivity (Wildman–Crippen MR) is 90.3 cm³/mol. The molecule has 0 saturated heterocycles. The van der Waals surface area contributed by atoms with E-state index >= 15 is 0 Å². The van der Waals surface area contributed by atoms with Crippen molar-refractivity contribution >= 4 is 17.4 Å². The minimum Gasteiger partial charge on any atom is -0.393 e. The van der Waals surface area contributed by atoms with Crippen molar-refractivity contribution in [2.24, 2.45) is 5.92 Å². The van der Waals surface area contributed by atoms with Crippen LogP contribution in [0.25, 0.3) is 0 Å². The third-order valence-electron chi connectivity index (χ3n) is 4.49. The molecule has 1 atom stereocenters. The molecule has 0 heterocycles. The average Bonchev–Trinajstić information content (AvgIpc) is 2.50. The second kappa shape index (κ2) is 8.09. The monoisotopic (exact) mass is 323 g/mol. The molecule has 1 unspecified atom stereocenters. The van der Waals surface area contributed by atoms with E-state index in [1.807, 2.05) is 38.1 Å². The maximum absolute atomic E-state index is 12.5. The van der Waals surface area contributed by atoms with Gasteiger partial charge in [-0.2, -0.15) is 0 Å². The lowest BCUT2D eigenvalue weighted by Crippen LogP contribution is -2.39. The van der Waals surface area contributed by atoms with Crippen LogP contribution in [-0.2, 0) is 4.79 Å². The van der Waals surface area contributed by atoms with Crippen molar-refractivity contribution in [1.82, 2.24) is 5.32 Å². The Kier molecular flexibility index (Phi) is 6.42. The van der Waals surface area contributed by atoms with Gasteiger partial charge >= 0.3 is 0 Å². The quantitative estimate of drug-likeness (QED) is 0.841. The molecule has 0 spiro atoms. The fourth-order valence-electron chi connectivity index (χ4n) is 3.04. The van der Waals surface area contributed by atoms with Gasteiger partial charge in [0.05, 0.1) is 12.0 Å². The van der Waals surface area contributed by atoms with E-state index in [-0.39, 0.29) is 23.7 Å². The molecule has 0 radical (unpaired) electrons. The molecule has 1 aromatic rings. The third kappa shape index (κ3) is 4.80. The zero-order valence-corrected chi connectivity index (χ0v) is 14.1. The van der Waals surface area contributed by atoms with E-state index in [0.717, 1.165) is 31.2 Å². The Balaban J connectivity index is 2.02. The summed E-state index contributed by atoms with van der Waals surface area (Å²) < 4.78 is 0. The van der Waals surface area contributed by atoms with Gasteiger partial charge in [0.2, 0.25) is 0 Å². The molecule has 2 N–H and O–H groups in total. The molecule has 1 aliphatic carbocycles. The lowest BCUT2D eigenvalue weighted by molar-refractivity contribution is -0.123. The van der Waals surface area contributed by atoms with E-state index in [4.69, 9.17) is 11.6 Å². The number of hydrogen-bond acceptors (Lipinski definition) is 3. The summed E-state index contributed by atoms with van der Waals surface area (Å²) >= 11 is 5.95. The molecule has 0 aliphatic heterocycles. The highest BCUT2D eigenvalue weighted by Gasteiger charge is 2.25. The molecule has 0 bridgehead atoms. The number of ketones is 1. The molecule has 0 aromatic heterocycles. The molecule has 22 heavy (non-hydrogen) atoms. The van der Waals surface area contributed by atoms with Crippen LogP contribution in [0.15, 0.2) is 24.3 Å². The van der Waals surface area contributed by atoms with Gasteiger partial charge in [-0.25, -0.2) is 0 Å². The van der Waals surface area contributed by atoms with Crippen LogP contribution in [-0.4, -0.2) is 29.6 Å². The van der Waals surface area contributed by atoms with Crippen molar-refractivity contribution in [1.29, 1.82) is 0 Å². The van der Waals surface area contributed by atoms with Crippen LogP contribution in [0.1, 0.15) is 51.0 Å². The highest BCUT2D eigenvalue weighted by Crippen LogP contribution is 2.24. The smallest absolute Gasteiger partial charge is 0.144 e. The molecule has 0 amide bonds. The van der Waals surface area contributed by atoms with Crippen LogP contribution in [0.5, 0.6) is 0 Å². The normalized spacial score (nSPS) is 23.5. The summed E-state index contributed by atoms with van der Waals surface area (Å²) in [5.74, 6) is 0.130. The van der Waals surface area contributed by atoms with Crippen molar-refractivity contribution in [2.75, 3.05) is 6.54 Å². The summed E-state index contributed by atoms with van der Waals surface area (Å²) in [6.45, 7) is 4.55. The maximum Gasteiger partial charge on any atom is 0.144 e. The number of aliphatic hydroxyl groups excluding tert-OH is 1. The van der Waals surface area contributed by atoms with Crippen LogP contribution >= 0.6 is 11.6 Å². The Labute approximate surface area is 138 Å². The number of benzene rings is 1. The summed E-state index contributed by atoms with van der Waals surface area (Å²) in [6, 6.07) is 7.97. The SMILES string of the molecule is CC(C)C(=O)C(CN[C@H]1CC[C@H](O)CC1)c1ccc(Cl)cc1. The fourth-order valence-corrected chi connectivity index (χ4v) is 3.17. The number of halogens is 1. The molecule has 1 fully saturated rings. The van der Waals surface area contributed by atoms with Gasteiger partial charge in [-0.1, -0.05) is 37.6 Å². The molecule has 1 saturated carbocycles. The summed E-state index contributed by atoms with van der Waals surface area (Å²) in [7, 11) is 0. The van der Waals surface area contributed by atoms with Gasteiger partial charge < -0.3 is 10.4 Å². The highest BCUT2D eigenvalue weighted by atomic mass is 35.5. The molecule has 1 aromatic carbocycles. The number of rotatable bonds is 6. The van der Waals surface area contributed by atoms with Gasteiger partial charge in [0.15, 0.2) is 0 Å². The molecule has 1 aliphatic rings. The summed E-state index contributed by atoms with van der Waals surface area (Å²) in [5, 5.41) is 13.8. The molecular weight excluding hydrogens is 298 g/mol. The van der Waals surface area contributed by atoms with Crippen molar-refractivity contribution in [3.63, 3.8) is 0 Å². The zero-order valence-electron chi connectivity index (χ0n) is 13.4. The number of carbonyl (C=O) groups excluding carboxylic acids is 1. The van der Waals surface area contributed by atoms with Gasteiger partial charge in [-0.3, -0.25) is 4.79 Å². The first-order chi connectivity index (χ1) is 10.5. The van der Waals surface area contributed by atoms with Crippen LogP contribution in [0.3, 0.4) is 0 Å². The molecule has 3 nitrogen and oxygen atoms in total. The van der Waals surface area contributed by atoms with E-state index in [1.165, 1.54) is 0 Å². The number of aliphatic hydroxyl groups is 1. The van der Waals surface area contributed by atoms with E-state index in [0.29, 0.717) is 17.6 Å².